The third-order valence-corrected chi connectivity index (χ3v) is 4.42. The van der Waals surface area contributed by atoms with Gasteiger partial charge in [-0.25, -0.2) is 0 Å². The molecule has 1 unspecified atom stereocenters. The van der Waals surface area contributed by atoms with E-state index in [1.165, 1.54) is 0 Å². The maximum atomic E-state index is 12.4. The Balaban J connectivity index is 1.57. The van der Waals surface area contributed by atoms with Crippen molar-refractivity contribution in [3.8, 4) is 0 Å². The number of aromatic nitrogens is 1. The van der Waals surface area contributed by atoms with Crippen molar-refractivity contribution in [1.29, 1.82) is 0 Å². The standard InChI is InChI=1S/C16H22N2O3/c1-2-20-13-11-16(21-12-13)6-9-18(10-7-16)15(19)14-5-3-4-8-17-14/h3-5,8,13H,2,6-7,9-12H2,1H3. The van der Waals surface area contributed by atoms with Gasteiger partial charge in [-0.05, 0) is 31.9 Å². The largest absolute Gasteiger partial charge is 0.376 e. The van der Waals surface area contributed by atoms with E-state index in [4.69, 9.17) is 9.47 Å². The van der Waals surface area contributed by atoms with Gasteiger partial charge in [0.25, 0.3) is 5.91 Å². The maximum absolute atomic E-state index is 12.4. The second kappa shape index (κ2) is 6.12. The minimum atomic E-state index is -0.0826. The molecule has 1 aromatic rings. The highest BCUT2D eigenvalue weighted by Gasteiger charge is 2.43. The highest BCUT2D eigenvalue weighted by atomic mass is 16.6. The van der Waals surface area contributed by atoms with Crippen molar-refractivity contribution in [3.05, 3.63) is 30.1 Å². The van der Waals surface area contributed by atoms with Gasteiger partial charge < -0.3 is 14.4 Å². The minimum absolute atomic E-state index is 0.0183. The van der Waals surface area contributed by atoms with E-state index >= 15 is 0 Å². The van der Waals surface area contributed by atoms with Crippen molar-refractivity contribution in [2.45, 2.75) is 37.9 Å². The van der Waals surface area contributed by atoms with Gasteiger partial charge in [-0.15, -0.1) is 0 Å². The molecule has 0 bridgehead atoms. The molecular formula is C16H22N2O3. The molecule has 1 amide bonds. The van der Waals surface area contributed by atoms with Crippen LogP contribution in [-0.2, 0) is 9.47 Å². The Morgan fingerprint density at radius 1 is 1.48 bits per heavy atom. The number of carbonyl (C=O) groups is 1. The molecule has 1 spiro atoms. The van der Waals surface area contributed by atoms with E-state index in [0.717, 1.165) is 39.0 Å². The van der Waals surface area contributed by atoms with Crippen LogP contribution in [0.3, 0.4) is 0 Å². The van der Waals surface area contributed by atoms with Gasteiger partial charge in [-0.3, -0.25) is 9.78 Å². The van der Waals surface area contributed by atoms with Gasteiger partial charge in [0.2, 0.25) is 0 Å². The fourth-order valence-corrected chi connectivity index (χ4v) is 3.26. The van der Waals surface area contributed by atoms with Crippen LogP contribution in [0, 0.1) is 0 Å². The van der Waals surface area contributed by atoms with Crippen molar-refractivity contribution in [2.24, 2.45) is 0 Å². The molecule has 5 nitrogen and oxygen atoms in total. The van der Waals surface area contributed by atoms with Crippen molar-refractivity contribution in [3.63, 3.8) is 0 Å². The number of carbonyl (C=O) groups excluding carboxylic acids is 1. The van der Waals surface area contributed by atoms with Gasteiger partial charge in [-0.2, -0.15) is 0 Å². The Morgan fingerprint density at radius 2 is 2.29 bits per heavy atom. The maximum Gasteiger partial charge on any atom is 0.272 e. The van der Waals surface area contributed by atoms with Gasteiger partial charge in [0, 0.05) is 32.3 Å². The molecule has 0 aromatic carbocycles. The van der Waals surface area contributed by atoms with Crippen LogP contribution in [0.5, 0.6) is 0 Å². The first-order valence-corrected chi connectivity index (χ1v) is 7.68. The molecular weight excluding hydrogens is 268 g/mol. The predicted octanol–water partition coefficient (Wildman–Crippen LogP) is 1.88. The predicted molar refractivity (Wildman–Crippen MR) is 78.1 cm³/mol. The molecule has 0 saturated carbocycles. The van der Waals surface area contributed by atoms with Gasteiger partial charge in [0.15, 0.2) is 0 Å². The molecule has 1 aromatic heterocycles. The van der Waals surface area contributed by atoms with Gasteiger partial charge in [-0.1, -0.05) is 6.07 Å². The van der Waals surface area contributed by atoms with E-state index in [-0.39, 0.29) is 17.6 Å². The summed E-state index contributed by atoms with van der Waals surface area (Å²) in [5, 5.41) is 0. The van der Waals surface area contributed by atoms with Crippen LogP contribution in [0.4, 0.5) is 0 Å². The Kier molecular flexibility index (Phi) is 4.22. The summed E-state index contributed by atoms with van der Waals surface area (Å²) in [6.07, 6.45) is 4.59. The van der Waals surface area contributed by atoms with E-state index in [9.17, 15) is 4.79 Å². The first-order valence-electron chi connectivity index (χ1n) is 7.68. The van der Waals surface area contributed by atoms with Crippen LogP contribution in [0.2, 0.25) is 0 Å². The Labute approximate surface area is 125 Å². The zero-order valence-electron chi connectivity index (χ0n) is 12.5. The van der Waals surface area contributed by atoms with Crippen LogP contribution >= 0.6 is 0 Å². The summed E-state index contributed by atoms with van der Waals surface area (Å²) in [5.41, 5.74) is 0.439. The Bertz CT molecular complexity index is 484. The first kappa shape index (κ1) is 14.5. The lowest BCUT2D eigenvalue weighted by atomic mass is 9.88. The number of ether oxygens (including phenoxy) is 2. The molecule has 0 aliphatic carbocycles. The lowest BCUT2D eigenvalue weighted by Gasteiger charge is -2.38. The molecule has 2 saturated heterocycles. The summed E-state index contributed by atoms with van der Waals surface area (Å²) >= 11 is 0. The Hall–Kier alpha value is -1.46. The van der Waals surface area contributed by atoms with Crippen LogP contribution in [0.25, 0.3) is 0 Å². The van der Waals surface area contributed by atoms with E-state index in [0.29, 0.717) is 12.3 Å². The van der Waals surface area contributed by atoms with Crippen LogP contribution in [0.1, 0.15) is 36.7 Å². The monoisotopic (exact) mass is 290 g/mol. The molecule has 3 rings (SSSR count). The van der Waals surface area contributed by atoms with Crippen molar-refractivity contribution in [1.82, 2.24) is 9.88 Å². The lowest BCUT2D eigenvalue weighted by Crippen LogP contribution is -2.46. The number of piperidine rings is 1. The van der Waals surface area contributed by atoms with E-state index in [1.54, 1.807) is 12.3 Å². The van der Waals surface area contributed by atoms with E-state index < -0.39 is 0 Å². The second-order valence-electron chi connectivity index (χ2n) is 5.78. The number of hydrogen-bond acceptors (Lipinski definition) is 4. The van der Waals surface area contributed by atoms with Crippen molar-refractivity contribution < 1.29 is 14.3 Å². The third kappa shape index (κ3) is 3.09. The molecule has 2 aliphatic heterocycles. The number of amides is 1. The number of nitrogens with zero attached hydrogens (tertiary/aromatic N) is 2. The summed E-state index contributed by atoms with van der Waals surface area (Å²) < 4.78 is 11.7. The molecule has 3 heterocycles. The quantitative estimate of drug-likeness (QED) is 0.853. The lowest BCUT2D eigenvalue weighted by molar-refractivity contribution is -0.0408. The zero-order chi connectivity index (χ0) is 14.7. The number of hydrogen-bond donors (Lipinski definition) is 0. The van der Waals surface area contributed by atoms with E-state index in [2.05, 4.69) is 4.98 Å². The summed E-state index contributed by atoms with van der Waals surface area (Å²) in [5.74, 6) is 0.0183. The SMILES string of the molecule is CCOC1COC2(CCN(C(=O)c3ccccn3)CC2)C1. The summed E-state index contributed by atoms with van der Waals surface area (Å²) in [6, 6.07) is 5.44. The Morgan fingerprint density at radius 3 is 2.95 bits per heavy atom. The highest BCUT2D eigenvalue weighted by molar-refractivity contribution is 5.92. The molecule has 114 valence electrons. The molecule has 21 heavy (non-hydrogen) atoms. The summed E-state index contributed by atoms with van der Waals surface area (Å²) in [4.78, 5) is 18.4. The van der Waals surface area contributed by atoms with E-state index in [1.807, 2.05) is 24.0 Å². The average molecular weight is 290 g/mol. The molecule has 5 heteroatoms. The third-order valence-electron chi connectivity index (χ3n) is 4.42. The van der Waals surface area contributed by atoms with Crippen LogP contribution < -0.4 is 0 Å². The first-order chi connectivity index (χ1) is 10.2. The van der Waals surface area contributed by atoms with Crippen LogP contribution in [0.15, 0.2) is 24.4 Å². The zero-order valence-corrected chi connectivity index (χ0v) is 12.5. The fraction of sp³-hybridized carbons (Fsp3) is 0.625. The van der Waals surface area contributed by atoms with Gasteiger partial charge in [0.05, 0.1) is 18.3 Å². The number of pyridine rings is 1. The topological polar surface area (TPSA) is 51.7 Å². The molecule has 2 fully saturated rings. The van der Waals surface area contributed by atoms with Crippen LogP contribution in [-0.4, -0.2) is 53.8 Å². The van der Waals surface area contributed by atoms with Crippen molar-refractivity contribution in [2.75, 3.05) is 26.3 Å². The molecule has 2 aliphatic rings. The molecule has 1 atom stereocenters. The fourth-order valence-electron chi connectivity index (χ4n) is 3.26. The smallest absolute Gasteiger partial charge is 0.272 e. The summed E-state index contributed by atoms with van der Waals surface area (Å²) in [6.45, 7) is 4.89. The number of likely N-dealkylation sites (tertiary alicyclic amines) is 1. The molecule has 0 radical (unpaired) electrons. The average Bonchev–Trinajstić information content (AvgIpc) is 2.91. The van der Waals surface area contributed by atoms with Crippen molar-refractivity contribution >= 4 is 5.91 Å². The minimum Gasteiger partial charge on any atom is -0.376 e. The van der Waals surface area contributed by atoms with Gasteiger partial charge in [0.1, 0.15) is 5.69 Å². The second-order valence-corrected chi connectivity index (χ2v) is 5.78. The molecule has 0 N–H and O–H groups in total. The van der Waals surface area contributed by atoms with Gasteiger partial charge >= 0.3 is 0 Å². The normalized spacial score (nSPS) is 24.4. The highest BCUT2D eigenvalue weighted by Crippen LogP contribution is 2.37. The summed E-state index contributed by atoms with van der Waals surface area (Å²) in [7, 11) is 0. The number of rotatable bonds is 3.